The molecule has 0 aliphatic rings. The number of hydrogen-bond donors (Lipinski definition) is 3. The summed E-state index contributed by atoms with van der Waals surface area (Å²) < 4.78 is 18.9. The van der Waals surface area contributed by atoms with Crippen LogP contribution in [-0.4, -0.2) is 16.9 Å². The molecule has 8 heteroatoms. The van der Waals surface area contributed by atoms with Gasteiger partial charge in [0.2, 0.25) is 11.9 Å². The van der Waals surface area contributed by atoms with Crippen LogP contribution in [0.25, 0.3) is 22.6 Å². The Morgan fingerprint density at radius 2 is 1.91 bits per heavy atom. The van der Waals surface area contributed by atoms with E-state index in [9.17, 15) is 4.39 Å². The number of aromatic nitrogens is 1. The Morgan fingerprint density at radius 3 is 2.65 bits per heavy atom. The van der Waals surface area contributed by atoms with E-state index in [-0.39, 0.29) is 17.7 Å². The standard InChI is InChI=1S/C15H13FN6O/c16-9-3-1-2-8(6-9)13-21-11-5-4-10(7-12(11)23-13)20-15(19)22-14(17)18/h1-7H,(H6,17,18,19,20,22). The predicted octanol–water partition coefficient (Wildman–Crippen LogP) is 1.85. The smallest absolute Gasteiger partial charge is 0.227 e. The van der Waals surface area contributed by atoms with Crippen molar-refractivity contribution in [1.82, 2.24) is 4.98 Å². The molecular formula is C15H13FN6O. The van der Waals surface area contributed by atoms with Crippen LogP contribution in [0.1, 0.15) is 0 Å². The summed E-state index contributed by atoms with van der Waals surface area (Å²) in [5, 5.41) is 0. The highest BCUT2D eigenvalue weighted by molar-refractivity contribution is 5.94. The number of aliphatic imine (C=N–C) groups is 2. The van der Waals surface area contributed by atoms with Gasteiger partial charge in [-0.05, 0) is 30.3 Å². The van der Waals surface area contributed by atoms with E-state index in [4.69, 9.17) is 21.6 Å². The molecule has 0 spiro atoms. The van der Waals surface area contributed by atoms with Gasteiger partial charge in [0.15, 0.2) is 11.5 Å². The van der Waals surface area contributed by atoms with Crippen LogP contribution < -0.4 is 17.2 Å². The quantitative estimate of drug-likeness (QED) is 0.491. The Labute approximate surface area is 130 Å². The van der Waals surface area contributed by atoms with E-state index < -0.39 is 0 Å². The zero-order valence-electron chi connectivity index (χ0n) is 11.9. The molecule has 0 bridgehead atoms. The molecule has 0 atom stereocenters. The first-order valence-corrected chi connectivity index (χ1v) is 6.61. The third-order valence-corrected chi connectivity index (χ3v) is 2.93. The molecule has 6 N–H and O–H groups in total. The van der Waals surface area contributed by atoms with Crippen LogP contribution in [0.2, 0.25) is 0 Å². The van der Waals surface area contributed by atoms with Gasteiger partial charge in [-0.1, -0.05) is 6.07 Å². The normalized spacial score (nSPS) is 11.6. The fourth-order valence-corrected chi connectivity index (χ4v) is 2.02. The minimum absolute atomic E-state index is 0.0748. The molecule has 0 saturated carbocycles. The van der Waals surface area contributed by atoms with E-state index in [1.54, 1.807) is 30.3 Å². The van der Waals surface area contributed by atoms with Crippen molar-refractivity contribution in [3.05, 3.63) is 48.3 Å². The van der Waals surface area contributed by atoms with E-state index in [2.05, 4.69) is 15.0 Å². The summed E-state index contributed by atoms with van der Waals surface area (Å²) in [5.74, 6) is -0.299. The molecule has 3 aromatic rings. The summed E-state index contributed by atoms with van der Waals surface area (Å²) in [6, 6.07) is 11.0. The Hall–Kier alpha value is -3.42. The number of halogens is 1. The Balaban J connectivity index is 2.00. The molecule has 2 aromatic carbocycles. The maximum absolute atomic E-state index is 13.3. The average Bonchev–Trinajstić information content (AvgIpc) is 2.89. The third kappa shape index (κ3) is 3.26. The Bertz CT molecular complexity index is 927. The SMILES string of the molecule is NC(N)=NC(N)=Nc1ccc2nc(-c3cccc(F)c3)oc2c1. The van der Waals surface area contributed by atoms with Gasteiger partial charge >= 0.3 is 0 Å². The molecule has 0 aliphatic carbocycles. The lowest BCUT2D eigenvalue weighted by Gasteiger charge is -1.95. The van der Waals surface area contributed by atoms with Gasteiger partial charge in [0.25, 0.3) is 0 Å². The highest BCUT2D eigenvalue weighted by atomic mass is 19.1. The van der Waals surface area contributed by atoms with E-state index in [1.165, 1.54) is 12.1 Å². The summed E-state index contributed by atoms with van der Waals surface area (Å²) in [6.45, 7) is 0. The minimum atomic E-state index is -0.361. The number of hydrogen-bond acceptors (Lipinski definition) is 3. The van der Waals surface area contributed by atoms with E-state index >= 15 is 0 Å². The maximum Gasteiger partial charge on any atom is 0.227 e. The van der Waals surface area contributed by atoms with Crippen LogP contribution in [0.15, 0.2) is 56.9 Å². The number of nitrogens with two attached hydrogens (primary N) is 3. The van der Waals surface area contributed by atoms with Crippen LogP contribution in [0.4, 0.5) is 10.1 Å². The molecule has 116 valence electrons. The lowest BCUT2D eigenvalue weighted by Crippen LogP contribution is -2.26. The number of guanidine groups is 2. The molecule has 1 heterocycles. The number of oxazole rings is 1. The van der Waals surface area contributed by atoms with Crippen LogP contribution in [0.3, 0.4) is 0 Å². The van der Waals surface area contributed by atoms with Crippen LogP contribution in [-0.2, 0) is 0 Å². The first-order chi connectivity index (χ1) is 11.0. The predicted molar refractivity (Wildman–Crippen MR) is 86.5 cm³/mol. The van der Waals surface area contributed by atoms with Crippen molar-refractivity contribution in [2.75, 3.05) is 0 Å². The monoisotopic (exact) mass is 312 g/mol. The van der Waals surface area contributed by atoms with Gasteiger partial charge < -0.3 is 21.6 Å². The molecular weight excluding hydrogens is 299 g/mol. The first-order valence-electron chi connectivity index (χ1n) is 6.61. The highest BCUT2D eigenvalue weighted by Gasteiger charge is 2.09. The van der Waals surface area contributed by atoms with Crippen LogP contribution >= 0.6 is 0 Å². The molecule has 0 radical (unpaired) electrons. The zero-order valence-corrected chi connectivity index (χ0v) is 11.9. The molecule has 0 fully saturated rings. The van der Waals surface area contributed by atoms with Crippen LogP contribution in [0.5, 0.6) is 0 Å². The number of fused-ring (bicyclic) bond motifs is 1. The minimum Gasteiger partial charge on any atom is -0.436 e. The fraction of sp³-hybridized carbons (Fsp3) is 0. The van der Waals surface area contributed by atoms with Crippen molar-refractivity contribution in [3.8, 4) is 11.5 Å². The van der Waals surface area contributed by atoms with Crippen molar-refractivity contribution < 1.29 is 8.81 Å². The van der Waals surface area contributed by atoms with Crippen molar-refractivity contribution in [1.29, 1.82) is 0 Å². The van der Waals surface area contributed by atoms with E-state index in [0.717, 1.165) is 0 Å². The molecule has 0 aliphatic heterocycles. The van der Waals surface area contributed by atoms with Gasteiger partial charge in [-0.25, -0.2) is 14.4 Å². The van der Waals surface area contributed by atoms with E-state index in [1.807, 2.05) is 0 Å². The average molecular weight is 312 g/mol. The van der Waals surface area contributed by atoms with Crippen LogP contribution in [0, 0.1) is 5.82 Å². The Morgan fingerprint density at radius 1 is 1.09 bits per heavy atom. The van der Waals surface area contributed by atoms with Gasteiger partial charge in [0, 0.05) is 11.6 Å². The topological polar surface area (TPSA) is 129 Å². The maximum atomic E-state index is 13.3. The number of benzene rings is 2. The lowest BCUT2D eigenvalue weighted by molar-refractivity contribution is 0.611. The second-order valence-corrected chi connectivity index (χ2v) is 4.69. The second-order valence-electron chi connectivity index (χ2n) is 4.69. The summed E-state index contributed by atoms with van der Waals surface area (Å²) >= 11 is 0. The first kappa shape index (κ1) is 14.5. The van der Waals surface area contributed by atoms with Gasteiger partial charge in [0.05, 0.1) is 5.69 Å². The zero-order chi connectivity index (χ0) is 16.4. The van der Waals surface area contributed by atoms with Crippen molar-refractivity contribution >= 4 is 28.7 Å². The van der Waals surface area contributed by atoms with E-state index in [0.29, 0.717) is 28.2 Å². The second kappa shape index (κ2) is 5.76. The summed E-state index contributed by atoms with van der Waals surface area (Å²) in [7, 11) is 0. The molecule has 7 nitrogen and oxygen atoms in total. The van der Waals surface area contributed by atoms with Gasteiger partial charge in [-0.3, -0.25) is 0 Å². The van der Waals surface area contributed by atoms with Gasteiger partial charge in [0.1, 0.15) is 11.3 Å². The summed E-state index contributed by atoms with van der Waals surface area (Å²) in [5.41, 5.74) is 18.2. The molecule has 0 unspecified atom stereocenters. The van der Waals surface area contributed by atoms with Crippen molar-refractivity contribution in [2.24, 2.45) is 27.2 Å². The molecule has 0 saturated heterocycles. The summed E-state index contributed by atoms with van der Waals surface area (Å²) in [4.78, 5) is 12.0. The molecule has 0 amide bonds. The molecule has 3 rings (SSSR count). The van der Waals surface area contributed by atoms with Gasteiger partial charge in [-0.2, -0.15) is 4.99 Å². The Kier molecular flexibility index (Phi) is 3.63. The third-order valence-electron chi connectivity index (χ3n) is 2.93. The highest BCUT2D eigenvalue weighted by Crippen LogP contribution is 2.27. The van der Waals surface area contributed by atoms with Gasteiger partial charge in [-0.15, -0.1) is 0 Å². The lowest BCUT2D eigenvalue weighted by atomic mass is 10.2. The largest absolute Gasteiger partial charge is 0.436 e. The molecule has 1 aromatic heterocycles. The number of rotatable bonds is 2. The van der Waals surface area contributed by atoms with Crippen molar-refractivity contribution in [3.63, 3.8) is 0 Å². The molecule has 23 heavy (non-hydrogen) atoms. The number of nitrogens with zero attached hydrogens (tertiary/aromatic N) is 3. The fourth-order valence-electron chi connectivity index (χ4n) is 2.02. The summed E-state index contributed by atoms with van der Waals surface area (Å²) in [6.07, 6.45) is 0. The van der Waals surface area contributed by atoms with Crippen molar-refractivity contribution in [2.45, 2.75) is 0 Å².